The van der Waals surface area contributed by atoms with Crippen LogP contribution in [0.3, 0.4) is 0 Å². The molecule has 2 atom stereocenters. The number of amides is 1. The lowest BCUT2D eigenvalue weighted by atomic mass is 9.82. The lowest BCUT2D eigenvalue weighted by Gasteiger charge is -2.49. The van der Waals surface area contributed by atoms with Crippen LogP contribution >= 0.6 is 0 Å². The molecule has 35 heavy (non-hydrogen) atoms. The summed E-state index contributed by atoms with van der Waals surface area (Å²) in [5, 5.41) is 2.96. The van der Waals surface area contributed by atoms with Gasteiger partial charge in [0.15, 0.2) is 0 Å². The van der Waals surface area contributed by atoms with Gasteiger partial charge in [-0.3, -0.25) is 4.79 Å². The summed E-state index contributed by atoms with van der Waals surface area (Å²) in [5.41, 5.74) is 2.34. The standard InChI is InChI=1S/C27H26F3N3O2/c1-35-22-10-8-20(9-11-22)31-26(34)23-16-18-15-19(27(28,29)30)7-12-24(18)33-14-13-32(17-25(23)33)21-5-3-2-4-6-21/h2-12,15,23,25H,13-14,16-17H2,1H3,(H,31,34). The Morgan fingerprint density at radius 2 is 1.74 bits per heavy atom. The van der Waals surface area contributed by atoms with E-state index in [1.165, 1.54) is 6.07 Å². The fourth-order valence-electron chi connectivity index (χ4n) is 5.08. The summed E-state index contributed by atoms with van der Waals surface area (Å²) in [6, 6.07) is 20.7. The summed E-state index contributed by atoms with van der Waals surface area (Å²) in [7, 11) is 1.57. The highest BCUT2D eigenvalue weighted by Gasteiger charge is 2.42. The molecule has 0 aliphatic carbocycles. The van der Waals surface area contributed by atoms with E-state index in [0.717, 1.165) is 17.4 Å². The van der Waals surface area contributed by atoms with Crippen molar-refractivity contribution in [2.24, 2.45) is 5.92 Å². The highest BCUT2D eigenvalue weighted by Crippen LogP contribution is 2.40. The molecule has 1 N–H and O–H groups in total. The van der Waals surface area contributed by atoms with Gasteiger partial charge in [0.05, 0.1) is 24.6 Å². The first-order valence-corrected chi connectivity index (χ1v) is 11.5. The van der Waals surface area contributed by atoms with E-state index in [4.69, 9.17) is 4.74 Å². The van der Waals surface area contributed by atoms with Gasteiger partial charge in [-0.15, -0.1) is 0 Å². The molecule has 1 saturated heterocycles. The number of anilines is 3. The molecule has 5 rings (SSSR count). The minimum Gasteiger partial charge on any atom is -0.497 e. The molecule has 0 spiro atoms. The lowest BCUT2D eigenvalue weighted by molar-refractivity contribution is -0.137. The third kappa shape index (κ3) is 4.65. The Balaban J connectivity index is 1.47. The molecule has 5 nitrogen and oxygen atoms in total. The van der Waals surface area contributed by atoms with E-state index in [1.54, 1.807) is 37.4 Å². The second kappa shape index (κ2) is 9.17. The number of carbonyl (C=O) groups excluding carboxylic acids is 1. The van der Waals surface area contributed by atoms with Crippen molar-refractivity contribution in [3.63, 3.8) is 0 Å². The Hall–Kier alpha value is -3.68. The average molecular weight is 482 g/mol. The number of para-hydroxylation sites is 1. The normalized spacial score (nSPS) is 19.5. The molecule has 0 aromatic heterocycles. The van der Waals surface area contributed by atoms with E-state index in [1.807, 2.05) is 30.3 Å². The van der Waals surface area contributed by atoms with Crippen LogP contribution in [0.15, 0.2) is 72.8 Å². The average Bonchev–Trinajstić information content (AvgIpc) is 2.88. The molecule has 1 amide bonds. The van der Waals surface area contributed by atoms with Crippen LogP contribution in [0, 0.1) is 5.92 Å². The van der Waals surface area contributed by atoms with E-state index in [2.05, 4.69) is 15.1 Å². The zero-order valence-corrected chi connectivity index (χ0v) is 19.3. The van der Waals surface area contributed by atoms with Gasteiger partial charge in [0.1, 0.15) is 5.75 Å². The van der Waals surface area contributed by atoms with E-state index < -0.39 is 17.7 Å². The number of rotatable bonds is 4. The monoisotopic (exact) mass is 481 g/mol. The Bertz CT molecular complexity index is 1200. The quantitative estimate of drug-likeness (QED) is 0.555. The third-order valence-corrected chi connectivity index (χ3v) is 6.85. The second-order valence-electron chi connectivity index (χ2n) is 8.91. The van der Waals surface area contributed by atoms with Crippen molar-refractivity contribution < 1.29 is 22.7 Å². The smallest absolute Gasteiger partial charge is 0.416 e. The molecule has 2 aliphatic heterocycles. The summed E-state index contributed by atoms with van der Waals surface area (Å²) in [6.45, 7) is 1.93. The molecule has 2 aliphatic rings. The Morgan fingerprint density at radius 1 is 1.00 bits per heavy atom. The molecule has 2 heterocycles. The minimum absolute atomic E-state index is 0.175. The molecular formula is C27H26F3N3O2. The van der Waals surface area contributed by atoms with Crippen LogP contribution in [-0.2, 0) is 17.4 Å². The first-order chi connectivity index (χ1) is 16.8. The van der Waals surface area contributed by atoms with Gasteiger partial charge in [-0.2, -0.15) is 13.2 Å². The number of piperazine rings is 1. The highest BCUT2D eigenvalue weighted by atomic mass is 19.4. The number of methoxy groups -OCH3 is 1. The van der Waals surface area contributed by atoms with Crippen molar-refractivity contribution in [2.75, 3.05) is 41.9 Å². The summed E-state index contributed by atoms with van der Waals surface area (Å²) in [4.78, 5) is 17.8. The fourth-order valence-corrected chi connectivity index (χ4v) is 5.08. The summed E-state index contributed by atoms with van der Waals surface area (Å²) in [6.07, 6.45) is -4.19. The molecular weight excluding hydrogens is 455 g/mol. The second-order valence-corrected chi connectivity index (χ2v) is 8.91. The van der Waals surface area contributed by atoms with Crippen LogP contribution in [0.2, 0.25) is 0 Å². The molecule has 2 unspecified atom stereocenters. The van der Waals surface area contributed by atoms with Crippen LogP contribution in [0.25, 0.3) is 0 Å². The molecule has 3 aromatic carbocycles. The van der Waals surface area contributed by atoms with Gasteiger partial charge in [-0.1, -0.05) is 18.2 Å². The first kappa shape index (κ1) is 23.1. The zero-order valence-electron chi connectivity index (χ0n) is 19.3. The fraction of sp³-hybridized carbons (Fsp3) is 0.296. The maximum absolute atomic E-state index is 13.5. The Labute approximate surface area is 202 Å². The highest BCUT2D eigenvalue weighted by molar-refractivity contribution is 5.94. The zero-order chi connectivity index (χ0) is 24.6. The topological polar surface area (TPSA) is 44.8 Å². The molecule has 0 saturated carbocycles. The van der Waals surface area contributed by atoms with Crippen molar-refractivity contribution in [2.45, 2.75) is 18.6 Å². The number of carbonyl (C=O) groups is 1. The predicted molar refractivity (Wildman–Crippen MR) is 130 cm³/mol. The number of alkyl halides is 3. The van der Waals surface area contributed by atoms with Crippen molar-refractivity contribution in [3.05, 3.63) is 83.9 Å². The van der Waals surface area contributed by atoms with Gasteiger partial charge in [-0.05, 0) is 66.6 Å². The van der Waals surface area contributed by atoms with Crippen molar-refractivity contribution >= 4 is 23.0 Å². The largest absolute Gasteiger partial charge is 0.497 e. The van der Waals surface area contributed by atoms with Gasteiger partial charge in [-0.25, -0.2) is 0 Å². The van der Waals surface area contributed by atoms with E-state index in [-0.39, 0.29) is 18.4 Å². The summed E-state index contributed by atoms with van der Waals surface area (Å²) in [5.74, 6) is -0.0473. The van der Waals surface area contributed by atoms with E-state index >= 15 is 0 Å². The lowest BCUT2D eigenvalue weighted by Crippen LogP contribution is -2.60. The summed E-state index contributed by atoms with van der Waals surface area (Å²) < 4.78 is 45.5. The van der Waals surface area contributed by atoms with Gasteiger partial charge in [0.2, 0.25) is 5.91 Å². The maximum Gasteiger partial charge on any atom is 0.416 e. The number of fused-ring (bicyclic) bond motifs is 3. The first-order valence-electron chi connectivity index (χ1n) is 11.5. The summed E-state index contributed by atoms with van der Waals surface area (Å²) >= 11 is 0. The Morgan fingerprint density at radius 3 is 2.43 bits per heavy atom. The molecule has 3 aromatic rings. The van der Waals surface area contributed by atoms with Crippen LogP contribution in [0.5, 0.6) is 5.75 Å². The van der Waals surface area contributed by atoms with Crippen LogP contribution < -0.4 is 19.9 Å². The minimum atomic E-state index is -4.43. The molecule has 182 valence electrons. The van der Waals surface area contributed by atoms with Crippen LogP contribution in [0.4, 0.5) is 30.2 Å². The maximum atomic E-state index is 13.5. The predicted octanol–water partition coefficient (Wildman–Crippen LogP) is 5.22. The van der Waals surface area contributed by atoms with Gasteiger partial charge in [0, 0.05) is 36.7 Å². The van der Waals surface area contributed by atoms with Gasteiger partial charge >= 0.3 is 6.18 Å². The number of nitrogens with one attached hydrogen (secondary N) is 1. The third-order valence-electron chi connectivity index (χ3n) is 6.85. The number of halogens is 3. The molecule has 1 fully saturated rings. The number of hydrogen-bond acceptors (Lipinski definition) is 4. The van der Waals surface area contributed by atoms with Crippen LogP contribution in [-0.4, -0.2) is 38.7 Å². The molecule has 0 radical (unpaired) electrons. The SMILES string of the molecule is COc1ccc(NC(=O)C2Cc3cc(C(F)(F)F)ccc3N3CCN(c4ccccc4)CC23)cc1. The number of hydrogen-bond donors (Lipinski definition) is 1. The number of nitrogens with zero attached hydrogens (tertiary/aromatic N) is 2. The number of benzene rings is 3. The van der Waals surface area contributed by atoms with Crippen LogP contribution in [0.1, 0.15) is 11.1 Å². The van der Waals surface area contributed by atoms with Gasteiger partial charge < -0.3 is 19.9 Å². The van der Waals surface area contributed by atoms with Gasteiger partial charge in [0.25, 0.3) is 0 Å². The Kier molecular flexibility index (Phi) is 6.05. The van der Waals surface area contributed by atoms with Crippen molar-refractivity contribution in [1.82, 2.24) is 0 Å². The number of ether oxygens (including phenoxy) is 1. The van der Waals surface area contributed by atoms with Crippen molar-refractivity contribution in [1.29, 1.82) is 0 Å². The molecule has 8 heteroatoms. The van der Waals surface area contributed by atoms with Crippen molar-refractivity contribution in [3.8, 4) is 5.75 Å². The van der Waals surface area contributed by atoms with E-state index in [0.29, 0.717) is 36.6 Å². The van der Waals surface area contributed by atoms with E-state index in [9.17, 15) is 18.0 Å². The molecule has 0 bridgehead atoms.